The largest absolute Gasteiger partial charge is 0.375 e. The molecule has 5 heteroatoms. The smallest absolute Gasteiger partial charge is 0.0624 e. The Morgan fingerprint density at radius 2 is 2.16 bits per heavy atom. The third kappa shape index (κ3) is 2.76. The van der Waals surface area contributed by atoms with Crippen LogP contribution >= 0.6 is 23.2 Å². The highest BCUT2D eigenvalue weighted by Crippen LogP contribution is 2.41. The lowest BCUT2D eigenvalue weighted by molar-refractivity contribution is 0.0857. The highest BCUT2D eigenvalue weighted by atomic mass is 35.5. The van der Waals surface area contributed by atoms with Crippen molar-refractivity contribution in [1.82, 2.24) is 5.43 Å². The van der Waals surface area contributed by atoms with Crippen LogP contribution in [0.1, 0.15) is 24.8 Å². The van der Waals surface area contributed by atoms with Gasteiger partial charge in [0.15, 0.2) is 0 Å². The normalized spacial score (nSPS) is 30.8. The van der Waals surface area contributed by atoms with Gasteiger partial charge in [0, 0.05) is 12.0 Å². The zero-order valence-corrected chi connectivity index (χ0v) is 12.1. The first-order valence-electron chi connectivity index (χ1n) is 6.73. The molecule has 1 aromatic carbocycles. The average Bonchev–Trinajstić information content (AvgIpc) is 3.02. The molecule has 19 heavy (non-hydrogen) atoms. The number of hydrogen-bond acceptors (Lipinski definition) is 3. The molecule has 0 aromatic heterocycles. The van der Waals surface area contributed by atoms with E-state index >= 15 is 0 Å². The van der Waals surface area contributed by atoms with Crippen molar-refractivity contribution in [3.05, 3.63) is 33.8 Å². The van der Waals surface area contributed by atoms with E-state index in [0.717, 1.165) is 24.8 Å². The van der Waals surface area contributed by atoms with Crippen molar-refractivity contribution in [3.8, 4) is 0 Å². The number of nitrogens with one attached hydrogen (secondary N) is 1. The Balaban J connectivity index is 1.71. The monoisotopic (exact) mass is 300 g/mol. The van der Waals surface area contributed by atoms with Crippen molar-refractivity contribution < 1.29 is 4.74 Å². The molecule has 2 aliphatic heterocycles. The Labute approximate surface area is 123 Å². The zero-order valence-electron chi connectivity index (χ0n) is 10.6. The fraction of sp³-hybridized carbons (Fsp3) is 0.571. The van der Waals surface area contributed by atoms with E-state index in [9.17, 15) is 0 Å². The summed E-state index contributed by atoms with van der Waals surface area (Å²) in [6.07, 6.45) is 5.14. The molecule has 0 amide bonds. The van der Waals surface area contributed by atoms with Gasteiger partial charge in [0.1, 0.15) is 0 Å². The van der Waals surface area contributed by atoms with Crippen molar-refractivity contribution in [3.63, 3.8) is 0 Å². The summed E-state index contributed by atoms with van der Waals surface area (Å²) >= 11 is 12.0. The summed E-state index contributed by atoms with van der Waals surface area (Å²) in [4.78, 5) is 0. The number of halogens is 2. The number of nitrogens with two attached hydrogens (primary N) is 1. The predicted molar refractivity (Wildman–Crippen MR) is 77.3 cm³/mol. The van der Waals surface area contributed by atoms with E-state index in [4.69, 9.17) is 33.8 Å². The molecule has 2 fully saturated rings. The van der Waals surface area contributed by atoms with Gasteiger partial charge >= 0.3 is 0 Å². The molecule has 0 saturated carbocycles. The molecular formula is C14H18Cl2N2O. The van der Waals surface area contributed by atoms with Gasteiger partial charge in [0.05, 0.1) is 22.3 Å². The summed E-state index contributed by atoms with van der Waals surface area (Å²) in [7, 11) is 0. The second-order valence-corrected chi connectivity index (χ2v) is 6.31. The zero-order chi connectivity index (χ0) is 13.4. The molecule has 0 radical (unpaired) electrons. The molecule has 2 bridgehead atoms. The number of ether oxygens (including phenoxy) is 1. The summed E-state index contributed by atoms with van der Waals surface area (Å²) < 4.78 is 5.91. The van der Waals surface area contributed by atoms with E-state index in [2.05, 4.69) is 5.43 Å². The van der Waals surface area contributed by atoms with Crippen LogP contribution in [0.2, 0.25) is 10.0 Å². The Kier molecular flexibility index (Phi) is 4.01. The maximum absolute atomic E-state index is 6.05. The summed E-state index contributed by atoms with van der Waals surface area (Å²) in [5.41, 5.74) is 4.11. The summed E-state index contributed by atoms with van der Waals surface area (Å²) in [5, 5.41) is 1.19. The van der Waals surface area contributed by atoms with Crippen LogP contribution in [-0.4, -0.2) is 18.2 Å². The minimum Gasteiger partial charge on any atom is -0.375 e. The SMILES string of the molecule is NNC(Cc1ccc(Cl)c(Cl)c1)C1CC2CCC1O2. The minimum absolute atomic E-state index is 0.229. The number of fused-ring (bicyclic) bond motifs is 2. The average molecular weight is 301 g/mol. The maximum Gasteiger partial charge on any atom is 0.0624 e. The molecule has 0 spiro atoms. The standard InChI is InChI=1S/C14H18Cl2N2O/c15-11-3-1-8(5-12(11)16)6-13(18-17)10-7-9-2-4-14(10)19-9/h1,3,5,9-10,13-14,18H,2,4,6-7,17H2. The van der Waals surface area contributed by atoms with Crippen LogP contribution in [-0.2, 0) is 11.2 Å². The summed E-state index contributed by atoms with van der Waals surface area (Å²) in [6, 6.07) is 5.99. The Bertz CT molecular complexity index is 469. The minimum atomic E-state index is 0.229. The lowest BCUT2D eigenvalue weighted by Crippen LogP contribution is -2.45. The summed E-state index contributed by atoms with van der Waals surface area (Å²) in [5.74, 6) is 6.23. The molecule has 3 nitrogen and oxygen atoms in total. The first-order chi connectivity index (χ1) is 9.17. The van der Waals surface area contributed by atoms with E-state index in [-0.39, 0.29) is 6.04 Å². The van der Waals surface area contributed by atoms with Crippen molar-refractivity contribution in [2.24, 2.45) is 11.8 Å². The van der Waals surface area contributed by atoms with Crippen LogP contribution in [0.3, 0.4) is 0 Å². The Morgan fingerprint density at radius 1 is 1.32 bits per heavy atom. The second-order valence-electron chi connectivity index (χ2n) is 5.50. The van der Waals surface area contributed by atoms with Gasteiger partial charge in [-0.2, -0.15) is 0 Å². The van der Waals surface area contributed by atoms with Gasteiger partial charge in [0.25, 0.3) is 0 Å². The van der Waals surface area contributed by atoms with Gasteiger partial charge in [-0.05, 0) is 43.4 Å². The fourth-order valence-corrected chi connectivity index (χ4v) is 3.68. The van der Waals surface area contributed by atoms with Gasteiger partial charge in [-0.25, -0.2) is 0 Å². The van der Waals surface area contributed by atoms with Crippen LogP contribution in [0, 0.1) is 5.92 Å². The maximum atomic E-state index is 6.05. The van der Waals surface area contributed by atoms with Crippen LogP contribution in [0.4, 0.5) is 0 Å². The molecule has 1 aromatic rings. The number of rotatable bonds is 4. The van der Waals surface area contributed by atoms with Gasteiger partial charge in [-0.15, -0.1) is 0 Å². The van der Waals surface area contributed by atoms with Crippen LogP contribution in [0.5, 0.6) is 0 Å². The fourth-order valence-electron chi connectivity index (χ4n) is 3.35. The molecule has 104 valence electrons. The highest BCUT2D eigenvalue weighted by molar-refractivity contribution is 6.42. The van der Waals surface area contributed by atoms with E-state index in [0.29, 0.717) is 28.2 Å². The third-order valence-electron chi connectivity index (χ3n) is 4.32. The molecular weight excluding hydrogens is 283 g/mol. The first kappa shape index (κ1) is 13.7. The van der Waals surface area contributed by atoms with Gasteiger partial charge in [0.2, 0.25) is 0 Å². The van der Waals surface area contributed by atoms with Crippen molar-refractivity contribution in [1.29, 1.82) is 0 Å². The molecule has 3 rings (SSSR count). The second kappa shape index (κ2) is 5.58. The topological polar surface area (TPSA) is 47.3 Å². The van der Waals surface area contributed by atoms with E-state index in [1.54, 1.807) is 0 Å². The molecule has 0 aliphatic carbocycles. The molecule has 4 unspecified atom stereocenters. The van der Waals surface area contributed by atoms with Crippen LogP contribution < -0.4 is 11.3 Å². The van der Waals surface area contributed by atoms with Gasteiger partial charge < -0.3 is 4.74 Å². The summed E-state index contributed by atoms with van der Waals surface area (Å²) in [6.45, 7) is 0. The van der Waals surface area contributed by atoms with Gasteiger partial charge in [-0.1, -0.05) is 29.3 Å². The molecule has 4 atom stereocenters. The van der Waals surface area contributed by atoms with Crippen molar-refractivity contribution in [2.45, 2.75) is 43.9 Å². The van der Waals surface area contributed by atoms with E-state index in [1.165, 1.54) is 6.42 Å². The molecule has 2 aliphatic rings. The quantitative estimate of drug-likeness (QED) is 0.664. The number of hydrazine groups is 1. The first-order valence-corrected chi connectivity index (χ1v) is 7.48. The van der Waals surface area contributed by atoms with Crippen LogP contribution in [0.15, 0.2) is 18.2 Å². The Hall–Kier alpha value is -0.320. The highest BCUT2D eigenvalue weighted by Gasteiger charge is 2.44. The molecule has 3 N–H and O–H groups in total. The van der Waals surface area contributed by atoms with Crippen molar-refractivity contribution >= 4 is 23.2 Å². The lowest BCUT2D eigenvalue weighted by atomic mass is 9.82. The number of hydrogen-bond donors (Lipinski definition) is 2. The third-order valence-corrected chi connectivity index (χ3v) is 5.06. The number of benzene rings is 1. The van der Waals surface area contributed by atoms with E-state index < -0.39 is 0 Å². The Morgan fingerprint density at radius 3 is 2.74 bits per heavy atom. The van der Waals surface area contributed by atoms with Crippen molar-refractivity contribution in [2.75, 3.05) is 0 Å². The molecule has 2 heterocycles. The van der Waals surface area contributed by atoms with Crippen LogP contribution in [0.25, 0.3) is 0 Å². The van der Waals surface area contributed by atoms with Gasteiger partial charge in [-0.3, -0.25) is 11.3 Å². The lowest BCUT2D eigenvalue weighted by Gasteiger charge is -2.28. The molecule has 2 saturated heterocycles. The van der Waals surface area contributed by atoms with E-state index in [1.807, 2.05) is 18.2 Å². The predicted octanol–water partition coefficient (Wildman–Crippen LogP) is 2.94.